The molecule has 0 bridgehead atoms. The molecule has 2 saturated heterocycles. The molecule has 25 heavy (non-hydrogen) atoms. The van der Waals surface area contributed by atoms with Crippen molar-refractivity contribution in [3.05, 3.63) is 28.2 Å². The number of rotatable bonds is 5. The lowest BCUT2D eigenvalue weighted by atomic mass is 10.1. The molecule has 0 saturated carbocycles. The average molecular weight is 380 g/mol. The number of hydrogen-bond acceptors (Lipinski definition) is 6. The Morgan fingerprint density at radius 2 is 2.08 bits per heavy atom. The highest BCUT2D eigenvalue weighted by Crippen LogP contribution is 2.36. The van der Waals surface area contributed by atoms with E-state index in [2.05, 4.69) is 0 Å². The van der Waals surface area contributed by atoms with E-state index < -0.39 is 0 Å². The number of carbonyl (C=O) groups excluding carboxylic acids is 1. The zero-order valence-corrected chi connectivity index (χ0v) is 16.2. The van der Waals surface area contributed by atoms with Crippen molar-refractivity contribution >= 4 is 40.3 Å². The molecule has 134 valence electrons. The minimum absolute atomic E-state index is 0.0558. The summed E-state index contributed by atoms with van der Waals surface area (Å²) in [5, 5.41) is 0. The van der Waals surface area contributed by atoms with Crippen molar-refractivity contribution < 1.29 is 19.0 Å². The van der Waals surface area contributed by atoms with Crippen LogP contribution in [0.4, 0.5) is 0 Å². The molecular formula is C18H21NO4S2. The molecule has 0 N–H and O–H groups in total. The van der Waals surface area contributed by atoms with E-state index in [1.165, 1.54) is 11.8 Å². The molecule has 5 nitrogen and oxygen atoms in total. The Balaban J connectivity index is 1.84. The first-order valence-corrected chi connectivity index (χ1v) is 9.35. The molecule has 1 aromatic rings. The summed E-state index contributed by atoms with van der Waals surface area (Å²) in [6.07, 6.45) is 3.97. The maximum Gasteiger partial charge on any atom is 0.266 e. The third-order valence-electron chi connectivity index (χ3n) is 4.34. The van der Waals surface area contributed by atoms with E-state index in [9.17, 15) is 4.79 Å². The van der Waals surface area contributed by atoms with Crippen LogP contribution in [0.25, 0.3) is 6.08 Å². The van der Waals surface area contributed by atoms with Gasteiger partial charge >= 0.3 is 0 Å². The molecule has 1 aromatic carbocycles. The molecule has 3 rings (SSSR count). The van der Waals surface area contributed by atoms with Gasteiger partial charge in [0.05, 0.1) is 31.8 Å². The van der Waals surface area contributed by atoms with Crippen LogP contribution in [0.3, 0.4) is 0 Å². The van der Waals surface area contributed by atoms with Crippen LogP contribution >= 0.6 is 24.0 Å². The molecule has 1 amide bonds. The van der Waals surface area contributed by atoms with Crippen LogP contribution < -0.4 is 9.47 Å². The summed E-state index contributed by atoms with van der Waals surface area (Å²) >= 11 is 6.73. The summed E-state index contributed by atoms with van der Waals surface area (Å²) < 4.78 is 16.9. The Kier molecular flexibility index (Phi) is 5.66. The van der Waals surface area contributed by atoms with Crippen molar-refractivity contribution in [2.45, 2.75) is 25.9 Å². The number of thioether (sulfide) groups is 1. The molecule has 2 fully saturated rings. The first-order chi connectivity index (χ1) is 12.0. The fourth-order valence-corrected chi connectivity index (χ4v) is 4.21. The molecule has 0 unspecified atom stereocenters. The number of benzene rings is 1. The van der Waals surface area contributed by atoms with E-state index in [4.69, 9.17) is 26.4 Å². The van der Waals surface area contributed by atoms with E-state index >= 15 is 0 Å². The Hall–Kier alpha value is -1.57. The van der Waals surface area contributed by atoms with Gasteiger partial charge in [-0.1, -0.05) is 24.0 Å². The molecule has 2 aliphatic rings. The Morgan fingerprint density at radius 1 is 1.36 bits per heavy atom. The number of thiocarbonyl (C=S) groups is 1. The van der Waals surface area contributed by atoms with Crippen LogP contribution in [-0.2, 0) is 9.53 Å². The highest BCUT2D eigenvalue weighted by molar-refractivity contribution is 8.26. The predicted octanol–water partition coefficient (Wildman–Crippen LogP) is 3.39. The summed E-state index contributed by atoms with van der Waals surface area (Å²) in [7, 11) is 3.20. The van der Waals surface area contributed by atoms with Gasteiger partial charge in [0.2, 0.25) is 0 Å². The first-order valence-electron chi connectivity index (χ1n) is 8.13. The second-order valence-electron chi connectivity index (χ2n) is 5.99. The zero-order chi connectivity index (χ0) is 18.0. The number of amides is 1. The Labute approximate surface area is 157 Å². The minimum Gasteiger partial charge on any atom is -0.493 e. The number of hydrogen-bond donors (Lipinski definition) is 0. The van der Waals surface area contributed by atoms with Crippen molar-refractivity contribution in [3.63, 3.8) is 0 Å². The number of carbonyl (C=O) groups is 1. The van der Waals surface area contributed by atoms with Crippen molar-refractivity contribution in [2.24, 2.45) is 0 Å². The van der Waals surface area contributed by atoms with Crippen LogP contribution in [0.2, 0.25) is 0 Å². The first kappa shape index (κ1) is 18.2. The normalized spacial score (nSPS) is 22.1. The van der Waals surface area contributed by atoms with Gasteiger partial charge in [-0.25, -0.2) is 0 Å². The van der Waals surface area contributed by atoms with Crippen molar-refractivity contribution in [3.8, 4) is 11.5 Å². The highest BCUT2D eigenvalue weighted by atomic mass is 32.2. The monoisotopic (exact) mass is 379 g/mol. The summed E-state index contributed by atoms with van der Waals surface area (Å²) in [6.45, 7) is 3.27. The standard InChI is InChI=1S/C18H21NO4S2/c1-11-7-14(21-2)15(22-3)8-12(11)9-16-17(20)19(18(24)25-16)10-13-5-4-6-23-13/h7-9,13H,4-6,10H2,1-3H3/b16-9-/t13-/m1/s1. The Morgan fingerprint density at radius 3 is 2.72 bits per heavy atom. The Bertz CT molecular complexity index is 726. The third kappa shape index (κ3) is 3.83. The second-order valence-corrected chi connectivity index (χ2v) is 7.67. The van der Waals surface area contributed by atoms with Gasteiger partial charge in [0.25, 0.3) is 5.91 Å². The van der Waals surface area contributed by atoms with Crippen LogP contribution in [-0.4, -0.2) is 48.6 Å². The molecule has 2 aliphatic heterocycles. The molecule has 0 aliphatic carbocycles. The molecule has 0 radical (unpaired) electrons. The van der Waals surface area contributed by atoms with Gasteiger partial charge in [0, 0.05) is 6.61 Å². The van der Waals surface area contributed by atoms with Gasteiger partial charge in [-0.3, -0.25) is 9.69 Å². The molecular weight excluding hydrogens is 358 g/mol. The van der Waals surface area contributed by atoms with E-state index in [1.54, 1.807) is 19.1 Å². The predicted molar refractivity (Wildman–Crippen MR) is 103 cm³/mol. The van der Waals surface area contributed by atoms with E-state index in [1.807, 2.05) is 25.1 Å². The topological polar surface area (TPSA) is 48.0 Å². The smallest absolute Gasteiger partial charge is 0.266 e. The second kappa shape index (κ2) is 7.76. The number of aryl methyl sites for hydroxylation is 1. The lowest BCUT2D eigenvalue weighted by Crippen LogP contribution is -2.35. The van der Waals surface area contributed by atoms with Gasteiger partial charge in [-0.2, -0.15) is 0 Å². The minimum atomic E-state index is -0.0558. The highest BCUT2D eigenvalue weighted by Gasteiger charge is 2.34. The average Bonchev–Trinajstić information content (AvgIpc) is 3.20. The fraction of sp³-hybridized carbons (Fsp3) is 0.444. The van der Waals surface area contributed by atoms with Gasteiger partial charge in [0.15, 0.2) is 11.5 Å². The van der Waals surface area contributed by atoms with Gasteiger partial charge < -0.3 is 14.2 Å². The molecule has 1 atom stereocenters. The largest absolute Gasteiger partial charge is 0.493 e. The van der Waals surface area contributed by atoms with Crippen molar-refractivity contribution in [2.75, 3.05) is 27.4 Å². The third-order valence-corrected chi connectivity index (χ3v) is 5.72. The SMILES string of the molecule is COc1cc(C)c(/C=C2\SC(=S)N(C[C@H]3CCCO3)C2=O)cc1OC. The van der Waals surface area contributed by atoms with Gasteiger partial charge in [-0.15, -0.1) is 0 Å². The van der Waals surface area contributed by atoms with Crippen molar-refractivity contribution in [1.82, 2.24) is 4.90 Å². The molecule has 0 spiro atoms. The summed E-state index contributed by atoms with van der Waals surface area (Å²) in [4.78, 5) is 15.0. The molecule has 7 heteroatoms. The van der Waals surface area contributed by atoms with E-state index in [-0.39, 0.29) is 12.0 Å². The van der Waals surface area contributed by atoms with Crippen LogP contribution in [0.1, 0.15) is 24.0 Å². The van der Waals surface area contributed by atoms with Gasteiger partial charge in [-0.05, 0) is 49.1 Å². The van der Waals surface area contributed by atoms with Gasteiger partial charge in [0.1, 0.15) is 4.32 Å². The fourth-order valence-electron chi connectivity index (χ4n) is 2.94. The molecule has 0 aromatic heterocycles. The summed E-state index contributed by atoms with van der Waals surface area (Å²) in [5.41, 5.74) is 1.91. The quantitative estimate of drug-likeness (QED) is 0.577. The summed E-state index contributed by atoms with van der Waals surface area (Å²) in [5.74, 6) is 1.25. The lowest BCUT2D eigenvalue weighted by molar-refractivity contribution is -0.123. The van der Waals surface area contributed by atoms with Crippen LogP contribution in [0.15, 0.2) is 17.0 Å². The van der Waals surface area contributed by atoms with Crippen molar-refractivity contribution in [1.29, 1.82) is 0 Å². The molecule has 2 heterocycles. The number of methoxy groups -OCH3 is 2. The number of nitrogens with zero attached hydrogens (tertiary/aromatic N) is 1. The van der Waals surface area contributed by atoms with E-state index in [0.29, 0.717) is 27.3 Å². The van der Waals surface area contributed by atoms with Crippen LogP contribution in [0, 0.1) is 6.92 Å². The van der Waals surface area contributed by atoms with Crippen LogP contribution in [0.5, 0.6) is 11.5 Å². The zero-order valence-electron chi connectivity index (χ0n) is 14.5. The maximum atomic E-state index is 12.7. The van der Waals surface area contributed by atoms with E-state index in [0.717, 1.165) is 30.6 Å². The lowest BCUT2D eigenvalue weighted by Gasteiger charge is -2.18. The summed E-state index contributed by atoms with van der Waals surface area (Å²) in [6, 6.07) is 3.78. The maximum absolute atomic E-state index is 12.7. The number of ether oxygens (including phenoxy) is 3.